The van der Waals surface area contributed by atoms with Gasteiger partial charge in [0.1, 0.15) is 5.82 Å². The van der Waals surface area contributed by atoms with Crippen molar-refractivity contribution < 1.29 is 9.13 Å². The zero-order chi connectivity index (χ0) is 14.0. The van der Waals surface area contributed by atoms with Crippen molar-refractivity contribution in [3.05, 3.63) is 51.7 Å². The monoisotopic (exact) mass is 263 g/mol. The van der Waals surface area contributed by atoms with Crippen LogP contribution in [0.5, 0.6) is 5.75 Å². The van der Waals surface area contributed by atoms with Gasteiger partial charge < -0.3 is 15.0 Å². The average molecular weight is 263 g/mol. The lowest BCUT2D eigenvalue weighted by Gasteiger charge is -2.11. The molecule has 6 heteroatoms. The van der Waals surface area contributed by atoms with Crippen LogP contribution in [-0.2, 0) is 6.54 Å². The molecule has 0 aliphatic carbocycles. The molecule has 0 spiro atoms. The van der Waals surface area contributed by atoms with Crippen LogP contribution in [0.15, 0.2) is 29.2 Å². The number of halogens is 1. The van der Waals surface area contributed by atoms with Crippen LogP contribution in [0.1, 0.15) is 11.1 Å². The summed E-state index contributed by atoms with van der Waals surface area (Å²) in [5, 5.41) is 0. The van der Waals surface area contributed by atoms with Gasteiger partial charge in [0.2, 0.25) is 11.7 Å². The molecule has 2 rings (SSSR count). The Morgan fingerprint density at radius 3 is 2.84 bits per heavy atom. The van der Waals surface area contributed by atoms with Gasteiger partial charge in [-0.15, -0.1) is 0 Å². The smallest absolute Gasteiger partial charge is 0.316 e. The zero-order valence-electron chi connectivity index (χ0n) is 10.7. The molecule has 1 aromatic carbocycles. The molecule has 1 aromatic heterocycles. The molecule has 1 heterocycles. The van der Waals surface area contributed by atoms with Crippen LogP contribution in [0.4, 0.5) is 10.3 Å². The molecule has 0 amide bonds. The molecule has 5 nitrogen and oxygen atoms in total. The van der Waals surface area contributed by atoms with Gasteiger partial charge in [0, 0.05) is 0 Å². The van der Waals surface area contributed by atoms with E-state index in [1.807, 2.05) is 0 Å². The SMILES string of the molecule is COc1cn(Cc2ccc(F)c(C)c2)c(N)nc1=O. The molecule has 0 unspecified atom stereocenters. The summed E-state index contributed by atoms with van der Waals surface area (Å²) >= 11 is 0. The topological polar surface area (TPSA) is 70.1 Å². The van der Waals surface area contributed by atoms with Crippen molar-refractivity contribution in [2.75, 3.05) is 12.8 Å². The highest BCUT2D eigenvalue weighted by Gasteiger charge is 2.07. The molecule has 100 valence electrons. The number of rotatable bonds is 3. The number of aromatic nitrogens is 2. The van der Waals surface area contributed by atoms with Crippen LogP contribution in [-0.4, -0.2) is 16.7 Å². The highest BCUT2D eigenvalue weighted by atomic mass is 19.1. The van der Waals surface area contributed by atoms with Crippen molar-refractivity contribution in [3.8, 4) is 5.75 Å². The second-order valence-electron chi connectivity index (χ2n) is 4.18. The van der Waals surface area contributed by atoms with Crippen LogP contribution in [0.25, 0.3) is 0 Å². The molecule has 0 radical (unpaired) electrons. The summed E-state index contributed by atoms with van der Waals surface area (Å²) in [4.78, 5) is 15.1. The van der Waals surface area contributed by atoms with Gasteiger partial charge in [0.25, 0.3) is 0 Å². The number of nitrogen functional groups attached to an aromatic ring is 1. The highest BCUT2D eigenvalue weighted by Crippen LogP contribution is 2.13. The van der Waals surface area contributed by atoms with Crippen molar-refractivity contribution in [2.45, 2.75) is 13.5 Å². The predicted molar refractivity (Wildman–Crippen MR) is 69.7 cm³/mol. The van der Waals surface area contributed by atoms with Gasteiger partial charge in [-0.05, 0) is 24.1 Å². The Bertz CT molecular complexity index is 667. The Hall–Kier alpha value is -2.37. The maximum atomic E-state index is 13.2. The number of methoxy groups -OCH3 is 1. The summed E-state index contributed by atoms with van der Waals surface area (Å²) in [5.41, 5.74) is 6.59. The third kappa shape index (κ3) is 2.73. The Morgan fingerprint density at radius 2 is 2.21 bits per heavy atom. The fourth-order valence-electron chi connectivity index (χ4n) is 1.75. The fraction of sp³-hybridized carbons (Fsp3) is 0.231. The summed E-state index contributed by atoms with van der Waals surface area (Å²) in [6, 6.07) is 4.78. The lowest BCUT2D eigenvalue weighted by molar-refractivity contribution is 0.402. The summed E-state index contributed by atoms with van der Waals surface area (Å²) < 4.78 is 19.7. The van der Waals surface area contributed by atoms with E-state index in [2.05, 4.69) is 4.98 Å². The molecule has 0 atom stereocenters. The van der Waals surface area contributed by atoms with E-state index in [0.717, 1.165) is 5.56 Å². The predicted octanol–water partition coefficient (Wildman–Crippen LogP) is 1.33. The van der Waals surface area contributed by atoms with Gasteiger partial charge in [-0.2, -0.15) is 4.98 Å². The van der Waals surface area contributed by atoms with E-state index in [9.17, 15) is 9.18 Å². The summed E-state index contributed by atoms with van der Waals surface area (Å²) in [6.07, 6.45) is 1.49. The van der Waals surface area contributed by atoms with Gasteiger partial charge in [0.05, 0.1) is 19.9 Å². The number of hydrogen-bond acceptors (Lipinski definition) is 4. The van der Waals surface area contributed by atoms with Crippen molar-refractivity contribution in [1.82, 2.24) is 9.55 Å². The average Bonchev–Trinajstić information content (AvgIpc) is 2.37. The molecule has 0 bridgehead atoms. The van der Waals surface area contributed by atoms with E-state index in [4.69, 9.17) is 10.5 Å². The first-order chi connectivity index (χ1) is 9.01. The highest BCUT2D eigenvalue weighted by molar-refractivity contribution is 5.29. The minimum absolute atomic E-state index is 0.0905. The minimum Gasteiger partial charge on any atom is -0.490 e. The molecule has 2 N–H and O–H groups in total. The van der Waals surface area contributed by atoms with Gasteiger partial charge in [0.15, 0.2) is 0 Å². The van der Waals surface area contributed by atoms with Crippen LogP contribution in [0.2, 0.25) is 0 Å². The Balaban J connectivity index is 2.37. The number of hydrogen-bond donors (Lipinski definition) is 1. The van der Waals surface area contributed by atoms with E-state index >= 15 is 0 Å². The maximum absolute atomic E-state index is 13.2. The van der Waals surface area contributed by atoms with Crippen LogP contribution < -0.4 is 16.0 Å². The molecule has 0 saturated heterocycles. The van der Waals surface area contributed by atoms with Crippen molar-refractivity contribution in [1.29, 1.82) is 0 Å². The molecule has 0 fully saturated rings. The summed E-state index contributed by atoms with van der Waals surface area (Å²) in [7, 11) is 1.39. The zero-order valence-corrected chi connectivity index (χ0v) is 10.7. The molecular formula is C13H14FN3O2. The van der Waals surface area contributed by atoms with E-state index in [-0.39, 0.29) is 17.5 Å². The van der Waals surface area contributed by atoms with E-state index in [1.54, 1.807) is 23.6 Å². The largest absolute Gasteiger partial charge is 0.490 e. The third-order valence-electron chi connectivity index (χ3n) is 2.79. The lowest BCUT2D eigenvalue weighted by atomic mass is 10.1. The number of nitrogens with zero attached hydrogens (tertiary/aromatic N) is 2. The summed E-state index contributed by atoms with van der Waals surface area (Å²) in [5.74, 6) is -0.0480. The Morgan fingerprint density at radius 1 is 1.47 bits per heavy atom. The Kier molecular flexibility index (Phi) is 3.50. The van der Waals surface area contributed by atoms with Crippen LogP contribution in [0.3, 0.4) is 0 Å². The number of nitrogens with two attached hydrogens (primary N) is 1. The van der Waals surface area contributed by atoms with Gasteiger partial charge in [-0.3, -0.25) is 4.79 Å². The number of benzene rings is 1. The van der Waals surface area contributed by atoms with E-state index in [0.29, 0.717) is 12.1 Å². The molecular weight excluding hydrogens is 249 g/mol. The first-order valence-corrected chi connectivity index (χ1v) is 5.67. The second kappa shape index (κ2) is 5.09. The lowest BCUT2D eigenvalue weighted by Crippen LogP contribution is -2.18. The number of anilines is 1. The molecule has 0 aliphatic rings. The second-order valence-corrected chi connectivity index (χ2v) is 4.18. The van der Waals surface area contributed by atoms with Crippen molar-refractivity contribution >= 4 is 5.95 Å². The van der Waals surface area contributed by atoms with Crippen LogP contribution >= 0.6 is 0 Å². The van der Waals surface area contributed by atoms with Gasteiger partial charge in [-0.1, -0.05) is 12.1 Å². The third-order valence-corrected chi connectivity index (χ3v) is 2.79. The van der Waals surface area contributed by atoms with E-state index < -0.39 is 5.56 Å². The molecule has 19 heavy (non-hydrogen) atoms. The van der Waals surface area contributed by atoms with Gasteiger partial charge >= 0.3 is 5.56 Å². The fourth-order valence-corrected chi connectivity index (χ4v) is 1.75. The normalized spacial score (nSPS) is 10.5. The van der Waals surface area contributed by atoms with Gasteiger partial charge in [-0.25, -0.2) is 4.39 Å². The first-order valence-electron chi connectivity index (χ1n) is 5.67. The minimum atomic E-state index is -0.508. The standard InChI is InChI=1S/C13H14FN3O2/c1-8-5-9(3-4-10(8)14)6-17-7-11(19-2)12(18)16-13(17)15/h3-5,7H,6H2,1-2H3,(H2,15,16,18). The number of ether oxygens (including phenoxy) is 1. The Labute approximate surface area is 109 Å². The van der Waals surface area contributed by atoms with Crippen LogP contribution in [0, 0.1) is 12.7 Å². The molecule has 0 aliphatic heterocycles. The number of aryl methyl sites for hydroxylation is 1. The quantitative estimate of drug-likeness (QED) is 0.907. The van der Waals surface area contributed by atoms with Crippen molar-refractivity contribution in [3.63, 3.8) is 0 Å². The van der Waals surface area contributed by atoms with Crippen molar-refractivity contribution in [2.24, 2.45) is 0 Å². The maximum Gasteiger partial charge on any atom is 0.316 e. The summed E-state index contributed by atoms with van der Waals surface area (Å²) in [6.45, 7) is 2.07. The first kappa shape index (κ1) is 13.1. The molecule has 2 aromatic rings. The van der Waals surface area contributed by atoms with E-state index in [1.165, 1.54) is 19.4 Å². The molecule has 0 saturated carbocycles.